The third-order valence-corrected chi connectivity index (χ3v) is 5.28. The molecule has 106 valence electrons. The van der Waals surface area contributed by atoms with Crippen molar-refractivity contribution in [3.05, 3.63) is 23.2 Å². The van der Waals surface area contributed by atoms with Gasteiger partial charge in [0.15, 0.2) is 0 Å². The maximum absolute atomic E-state index is 6.01. The first-order valence-corrected chi connectivity index (χ1v) is 8.47. The van der Waals surface area contributed by atoms with E-state index in [-0.39, 0.29) is 0 Å². The first-order chi connectivity index (χ1) is 9.22. The third-order valence-electron chi connectivity index (χ3n) is 4.13. The lowest BCUT2D eigenvalue weighted by Crippen LogP contribution is -2.30. The van der Waals surface area contributed by atoms with E-state index in [0.717, 1.165) is 36.7 Å². The van der Waals surface area contributed by atoms with E-state index in [9.17, 15) is 0 Å². The standard InChI is InChI=1S/C15H24N2OS/c1-11-7-14(9-17(2)13-5-6-19-10-13)18-15(11)8-16-12-3-4-12/h7,12-13,16H,3-6,8-10H2,1-2H3. The topological polar surface area (TPSA) is 28.4 Å². The van der Waals surface area contributed by atoms with E-state index in [1.165, 1.54) is 36.3 Å². The zero-order valence-corrected chi connectivity index (χ0v) is 12.8. The Kier molecular flexibility index (Phi) is 4.20. The summed E-state index contributed by atoms with van der Waals surface area (Å²) in [6.07, 6.45) is 3.97. The summed E-state index contributed by atoms with van der Waals surface area (Å²) in [5, 5.41) is 3.52. The van der Waals surface area contributed by atoms with Gasteiger partial charge in [-0.3, -0.25) is 4.90 Å². The van der Waals surface area contributed by atoms with E-state index in [0.29, 0.717) is 0 Å². The van der Waals surface area contributed by atoms with E-state index < -0.39 is 0 Å². The zero-order chi connectivity index (χ0) is 13.2. The van der Waals surface area contributed by atoms with Crippen LogP contribution in [0.1, 0.15) is 36.3 Å². The fourth-order valence-corrected chi connectivity index (χ4v) is 3.91. The second-order valence-electron chi connectivity index (χ2n) is 5.91. The molecule has 0 bridgehead atoms. The first kappa shape index (κ1) is 13.5. The molecular weight excluding hydrogens is 256 g/mol. The molecule has 1 aliphatic heterocycles. The Morgan fingerprint density at radius 2 is 2.26 bits per heavy atom. The Hall–Kier alpha value is -0.450. The predicted molar refractivity (Wildman–Crippen MR) is 80.5 cm³/mol. The normalized spacial score (nSPS) is 23.4. The second-order valence-corrected chi connectivity index (χ2v) is 7.06. The van der Waals surface area contributed by atoms with Crippen LogP contribution in [0.15, 0.2) is 10.5 Å². The molecule has 0 amide bonds. The van der Waals surface area contributed by atoms with E-state index in [1.54, 1.807) is 0 Å². The van der Waals surface area contributed by atoms with Gasteiger partial charge in [0.1, 0.15) is 11.5 Å². The lowest BCUT2D eigenvalue weighted by Gasteiger charge is -2.22. The highest BCUT2D eigenvalue weighted by molar-refractivity contribution is 7.99. The molecule has 1 saturated carbocycles. The summed E-state index contributed by atoms with van der Waals surface area (Å²) < 4.78 is 6.01. The number of thioether (sulfide) groups is 1. The van der Waals surface area contributed by atoms with Crippen LogP contribution in [-0.4, -0.2) is 35.5 Å². The SMILES string of the molecule is Cc1cc(CN(C)C2CCSC2)oc1CNC1CC1. The summed E-state index contributed by atoms with van der Waals surface area (Å²) in [5.74, 6) is 4.82. The molecule has 2 heterocycles. The highest BCUT2D eigenvalue weighted by Crippen LogP contribution is 2.24. The number of nitrogens with zero attached hydrogens (tertiary/aromatic N) is 1. The minimum atomic E-state index is 0.725. The van der Waals surface area contributed by atoms with Crippen LogP contribution in [0.4, 0.5) is 0 Å². The fraction of sp³-hybridized carbons (Fsp3) is 0.733. The van der Waals surface area contributed by atoms with Crippen molar-refractivity contribution in [3.63, 3.8) is 0 Å². The second kappa shape index (κ2) is 5.90. The highest BCUT2D eigenvalue weighted by Gasteiger charge is 2.23. The van der Waals surface area contributed by atoms with E-state index in [1.807, 2.05) is 0 Å². The van der Waals surface area contributed by atoms with Gasteiger partial charge in [0.25, 0.3) is 0 Å². The Bertz CT molecular complexity index is 422. The highest BCUT2D eigenvalue weighted by atomic mass is 32.2. The predicted octanol–water partition coefficient (Wildman–Crippen LogP) is 2.78. The van der Waals surface area contributed by atoms with Gasteiger partial charge >= 0.3 is 0 Å². The monoisotopic (exact) mass is 280 g/mol. The lowest BCUT2D eigenvalue weighted by atomic mass is 10.2. The molecule has 3 nitrogen and oxygen atoms in total. The molecule has 1 aromatic heterocycles. The summed E-state index contributed by atoms with van der Waals surface area (Å²) in [5.41, 5.74) is 1.29. The van der Waals surface area contributed by atoms with Crippen LogP contribution < -0.4 is 5.32 Å². The van der Waals surface area contributed by atoms with Crippen molar-refractivity contribution in [2.45, 2.75) is 51.4 Å². The molecule has 1 unspecified atom stereocenters. The van der Waals surface area contributed by atoms with Crippen molar-refractivity contribution in [3.8, 4) is 0 Å². The molecule has 1 atom stereocenters. The fourth-order valence-electron chi connectivity index (χ4n) is 2.61. The Morgan fingerprint density at radius 3 is 2.95 bits per heavy atom. The van der Waals surface area contributed by atoms with E-state index in [4.69, 9.17) is 4.42 Å². The first-order valence-electron chi connectivity index (χ1n) is 7.32. The van der Waals surface area contributed by atoms with Gasteiger partial charge in [-0.1, -0.05) is 0 Å². The van der Waals surface area contributed by atoms with Crippen molar-refractivity contribution in [1.29, 1.82) is 0 Å². The quantitative estimate of drug-likeness (QED) is 0.867. The van der Waals surface area contributed by atoms with Crippen LogP contribution in [0, 0.1) is 6.92 Å². The number of aryl methyl sites for hydroxylation is 1. The summed E-state index contributed by atoms with van der Waals surface area (Å²) in [6, 6.07) is 3.68. The van der Waals surface area contributed by atoms with Crippen LogP contribution in [0.3, 0.4) is 0 Å². The summed E-state index contributed by atoms with van der Waals surface area (Å²) in [4.78, 5) is 2.44. The van der Waals surface area contributed by atoms with E-state index >= 15 is 0 Å². The minimum absolute atomic E-state index is 0.725. The smallest absolute Gasteiger partial charge is 0.120 e. The number of hydrogen-bond donors (Lipinski definition) is 1. The molecule has 1 N–H and O–H groups in total. The van der Waals surface area contributed by atoms with Crippen molar-refractivity contribution >= 4 is 11.8 Å². The molecular formula is C15H24N2OS. The van der Waals surface area contributed by atoms with Gasteiger partial charge in [-0.15, -0.1) is 0 Å². The van der Waals surface area contributed by atoms with Crippen LogP contribution in [0.5, 0.6) is 0 Å². The van der Waals surface area contributed by atoms with Gasteiger partial charge in [0.2, 0.25) is 0 Å². The average molecular weight is 280 g/mol. The van der Waals surface area contributed by atoms with Crippen LogP contribution in [0.2, 0.25) is 0 Å². The van der Waals surface area contributed by atoms with Gasteiger partial charge in [0.05, 0.1) is 13.1 Å². The van der Waals surface area contributed by atoms with Crippen LogP contribution >= 0.6 is 11.8 Å². The lowest BCUT2D eigenvalue weighted by molar-refractivity contribution is 0.231. The molecule has 0 spiro atoms. The molecule has 19 heavy (non-hydrogen) atoms. The van der Waals surface area contributed by atoms with Gasteiger partial charge in [0, 0.05) is 17.8 Å². The number of hydrogen-bond acceptors (Lipinski definition) is 4. The van der Waals surface area contributed by atoms with Crippen LogP contribution in [-0.2, 0) is 13.1 Å². The van der Waals surface area contributed by atoms with Gasteiger partial charge in [-0.05, 0) is 50.6 Å². The third kappa shape index (κ3) is 3.56. The van der Waals surface area contributed by atoms with E-state index in [2.05, 4.69) is 42.0 Å². The summed E-state index contributed by atoms with van der Waals surface area (Å²) >= 11 is 2.07. The molecule has 1 saturated heterocycles. The molecule has 2 aliphatic rings. The number of nitrogens with one attached hydrogen (secondary N) is 1. The molecule has 1 aliphatic carbocycles. The summed E-state index contributed by atoms with van der Waals surface area (Å²) in [7, 11) is 2.22. The molecule has 3 rings (SSSR count). The van der Waals surface area contributed by atoms with Gasteiger partial charge in [-0.2, -0.15) is 11.8 Å². The maximum Gasteiger partial charge on any atom is 0.120 e. The largest absolute Gasteiger partial charge is 0.463 e. The van der Waals surface area contributed by atoms with Crippen molar-refractivity contribution in [2.75, 3.05) is 18.6 Å². The molecule has 4 heteroatoms. The van der Waals surface area contributed by atoms with Gasteiger partial charge in [-0.25, -0.2) is 0 Å². The molecule has 0 aromatic carbocycles. The number of furan rings is 1. The van der Waals surface area contributed by atoms with Crippen molar-refractivity contribution in [1.82, 2.24) is 10.2 Å². The molecule has 1 aromatic rings. The Labute approximate surface area is 120 Å². The summed E-state index contributed by atoms with van der Waals surface area (Å²) in [6.45, 7) is 3.98. The minimum Gasteiger partial charge on any atom is -0.463 e. The molecule has 0 radical (unpaired) electrons. The molecule has 2 fully saturated rings. The zero-order valence-electron chi connectivity index (χ0n) is 11.9. The Balaban J connectivity index is 1.55. The van der Waals surface area contributed by atoms with Gasteiger partial charge < -0.3 is 9.73 Å². The van der Waals surface area contributed by atoms with Crippen molar-refractivity contribution in [2.24, 2.45) is 0 Å². The average Bonchev–Trinajstić information content (AvgIpc) is 2.91. The maximum atomic E-state index is 6.01. The Morgan fingerprint density at radius 1 is 1.42 bits per heavy atom. The van der Waals surface area contributed by atoms with Crippen molar-refractivity contribution < 1.29 is 4.42 Å². The van der Waals surface area contributed by atoms with Crippen LogP contribution in [0.25, 0.3) is 0 Å². The number of rotatable bonds is 6.